The molecule has 6 aliphatic heterocycles. The summed E-state index contributed by atoms with van der Waals surface area (Å²) < 4.78 is 96.7. The Hall–Kier alpha value is -11.2. The third-order valence-electron chi connectivity index (χ3n) is 24.7. The highest BCUT2D eigenvalue weighted by atomic mass is 32.3. The van der Waals surface area contributed by atoms with E-state index in [0.29, 0.717) is 5.56 Å². The van der Waals surface area contributed by atoms with E-state index in [1.165, 1.54) is 19.1 Å². The van der Waals surface area contributed by atoms with Crippen molar-refractivity contribution < 1.29 is 228 Å². The van der Waals surface area contributed by atoms with Crippen LogP contribution in [0.25, 0.3) is 0 Å². The predicted octanol–water partition coefficient (Wildman–Crippen LogP) is -13.0. The van der Waals surface area contributed by atoms with E-state index < -0.39 is 389 Å². The first-order valence-corrected chi connectivity index (χ1v) is 48.1. The molecule has 2 aromatic carbocycles. The van der Waals surface area contributed by atoms with Crippen LogP contribution in [-0.2, 0) is 147 Å². The number of aliphatic hydroxyl groups excluding tert-OH is 13. The Morgan fingerprint density at radius 3 is 1.61 bits per heavy atom. The Morgan fingerprint density at radius 1 is 0.527 bits per heavy atom. The van der Waals surface area contributed by atoms with Gasteiger partial charge in [0.1, 0.15) is 164 Å². The molecule has 8 rings (SSSR count). The first-order chi connectivity index (χ1) is 69.4. The fourth-order valence-electron chi connectivity index (χ4n) is 17.4. The Morgan fingerprint density at radius 2 is 1.05 bits per heavy atom. The molecular formula is C88H130N12O47S. The summed E-state index contributed by atoms with van der Waals surface area (Å²) in [6.45, 7) is 4.05. The molecule has 0 unspecified atom stereocenters. The molecule has 60 heteroatoms. The summed E-state index contributed by atoms with van der Waals surface area (Å²) in [7, 11) is -4.96. The normalized spacial score (nSPS) is 30.2. The van der Waals surface area contributed by atoms with Crippen LogP contribution in [0.2, 0.25) is 0 Å². The third-order valence-corrected chi connectivity index (χ3v) is 25.2. The predicted molar refractivity (Wildman–Crippen MR) is 486 cm³/mol. The number of nitrogens with two attached hydrogens (primary N) is 1. The van der Waals surface area contributed by atoms with Gasteiger partial charge >= 0.3 is 34.3 Å². The lowest BCUT2D eigenvalue weighted by molar-refractivity contribution is -0.392. The van der Waals surface area contributed by atoms with E-state index in [-0.39, 0.29) is 50.0 Å². The molecule has 2 aromatic rings. The topological polar surface area (TPSA) is 922 Å². The molecule has 0 bridgehead atoms. The van der Waals surface area contributed by atoms with Crippen molar-refractivity contribution in [3.63, 3.8) is 0 Å². The second-order valence-corrected chi connectivity index (χ2v) is 37.7. The number of likely N-dealkylation sites (tertiary alicyclic amines) is 1. The Kier molecular flexibility index (Phi) is 45.3. The van der Waals surface area contributed by atoms with Crippen LogP contribution in [0.15, 0.2) is 54.6 Å². The van der Waals surface area contributed by atoms with Crippen LogP contribution < -0.4 is 63.1 Å². The molecule has 6 aliphatic rings. The first-order valence-electron chi connectivity index (χ1n) is 46.8. The summed E-state index contributed by atoms with van der Waals surface area (Å²) in [6.07, 6.45) is -57.1. The van der Waals surface area contributed by atoms with Crippen molar-refractivity contribution in [3.05, 3.63) is 65.7 Å². The number of hydrogen-bond donors (Lipinski definition) is 29. The quantitative estimate of drug-likeness (QED) is 0.0274. The maximum Gasteiger partial charge on any atom is 0.446 e. The van der Waals surface area contributed by atoms with Gasteiger partial charge in [0.15, 0.2) is 25.2 Å². The number of carbonyl (C=O) groups is 16. The Bertz CT molecular complexity index is 5030. The molecule has 30 N–H and O–H groups in total. The molecule has 148 heavy (non-hydrogen) atoms. The summed E-state index contributed by atoms with van der Waals surface area (Å²) in [4.78, 5) is 219. The van der Waals surface area contributed by atoms with Gasteiger partial charge in [0.05, 0.1) is 57.2 Å². The SMILES string of the molecule is CC(=O)N[C@H]1[C@@H](O[C@H](C)[C@H](NC(=O)[C@H](CCC(=O)O)NC(=O)[C@@H]2CCCN2C(=O)[C@H](CC(C)C)NC(=O)[C@H](Cc2ccccc2)NC(=O)[C@H](CC(=O)O)NC(=O)[C@H](Cc2ccc(OS(=O)(=O)O)cc2)NC(C)=O)C(=O)N[C@@H](CCC(=O)O)C(N)=O)O[C@H](CO[C@@H]2O[C@H](CO)[C@@H](O[C@@H]3O[C@H](CO)[C@H](O)[C@H](O[C@]4(C(=O)O)C[C@H](O)[C@@H](NC(C)=O)[C@H]([C@H](O)[C@H](O)CO)O4)[C@H]3O)[C@H](O[C@@H]3O[C@@H](C)[C@@H](O)[C@@H](O)[C@@H]3O)[C@H]2NC(C)=O)[C@H](O)[C@@H]1O. The van der Waals surface area contributed by atoms with Gasteiger partial charge in [-0.05, 0) is 75.1 Å². The first kappa shape index (κ1) is 122. The average Bonchev–Trinajstić information content (AvgIpc) is 0.766. The number of ether oxygens (including phenoxy) is 10. The number of amides is 12. The van der Waals surface area contributed by atoms with Gasteiger partial charge in [0, 0.05) is 66.3 Å². The van der Waals surface area contributed by atoms with E-state index in [1.54, 1.807) is 44.2 Å². The second-order valence-electron chi connectivity index (χ2n) is 36.7. The smallest absolute Gasteiger partial charge is 0.446 e. The summed E-state index contributed by atoms with van der Waals surface area (Å²) in [5.41, 5.74) is 6.26. The monoisotopic (exact) mass is 2140 g/mol. The number of rotatable bonds is 52. The number of carbonyl (C=O) groups excluding carboxylic acids is 12. The number of carboxylic acids is 4. The van der Waals surface area contributed by atoms with Crippen molar-refractivity contribution in [2.45, 2.75) is 339 Å². The fraction of sp³-hybridized carbons (Fsp3) is 0.682. The number of primary amides is 1. The molecule has 12 amide bonds. The van der Waals surface area contributed by atoms with Gasteiger partial charge in [-0.2, -0.15) is 8.42 Å². The molecule has 0 saturated carbocycles. The highest BCUT2D eigenvalue weighted by Crippen LogP contribution is 2.41. The van der Waals surface area contributed by atoms with E-state index in [9.17, 15) is 162 Å². The van der Waals surface area contributed by atoms with Gasteiger partial charge in [0.25, 0.3) is 5.79 Å². The van der Waals surface area contributed by atoms with Crippen molar-refractivity contribution in [2.24, 2.45) is 11.7 Å². The van der Waals surface area contributed by atoms with Crippen LogP contribution in [0.4, 0.5) is 0 Å². The minimum absolute atomic E-state index is 0.0360. The lowest BCUT2D eigenvalue weighted by Crippen LogP contribution is -2.71. The number of carboxylic acid groups (broad SMARTS) is 4. The highest BCUT2D eigenvalue weighted by Gasteiger charge is 2.62. The standard InChI is InChI=1S/C88H130N12O47S/c1-34(2)25-49(98-78(127)47(26-41-13-10-9-11-14-41)96-79(128)48(28-58(114)115)97-77(126)46(90-37(5)104)27-42-16-18-43(19-17-42)147-148(134,135)136)82(131)100-24-12-15-50(100)80(129)95-45(21-23-57(112)113)76(125)99-59(81(130)94-44(75(89)124)20-22-56(110)111)35(3)138-84-61(92-39(7)106)67(120)65(118)55(142-84)33-137-83-62(93-40(8)107)73(144-85-69(122)68(121)63(116)36(4)139-85)71(54(32-103)141-83)143-86-70(123)74(66(119)53(31-102)140-86)146-88(87(132)133)29-51(108)60(91-38(6)105)72(145-88)64(117)52(109)30-101/h9-11,13-14,16-19,34-36,44-55,59-74,83-86,101-103,108-109,116-123H,12,15,20-33H2,1-8H3,(H2,89,124)(H,90,104)(H,91,105)(H,92,106)(H,93,107)(H,94,130)(H,95,129)(H,96,128)(H,97,126)(H,98,127)(H,99,125)(H,110,111)(H,112,113)(H,114,115)(H,132,133)(H,134,135,136)/t35-,36+,44+,45+,46+,47+,48+,49+,50+,51+,52-,53-,54-,55-,59+,60-,61-,62-,63-,64-,65+,66+,67-,68-,69+,70-,71-,72-,73-,74+,83-,84+,85+,86+,88+/m1/s1. The molecule has 59 nitrogen and oxygen atoms in total. The average molecular weight is 2140 g/mol. The summed E-state index contributed by atoms with van der Waals surface area (Å²) >= 11 is 0. The largest absolute Gasteiger partial charge is 0.481 e. The van der Waals surface area contributed by atoms with Crippen molar-refractivity contribution in [1.82, 2.24) is 58.1 Å². The minimum Gasteiger partial charge on any atom is -0.481 e. The molecule has 0 spiro atoms. The number of aliphatic carboxylic acids is 4. The van der Waals surface area contributed by atoms with Gasteiger partial charge in [-0.15, -0.1) is 0 Å². The zero-order valence-corrected chi connectivity index (χ0v) is 81.9. The van der Waals surface area contributed by atoms with Gasteiger partial charge in [-0.3, -0.25) is 76.5 Å². The lowest BCUT2D eigenvalue weighted by Gasteiger charge is -2.52. The third kappa shape index (κ3) is 33.6. The lowest BCUT2D eigenvalue weighted by atomic mass is 9.88. The molecule has 0 aromatic heterocycles. The van der Waals surface area contributed by atoms with Crippen LogP contribution in [0.5, 0.6) is 5.75 Å². The van der Waals surface area contributed by atoms with Crippen LogP contribution in [-0.4, -0.2) is 446 Å². The molecule has 6 fully saturated rings. The van der Waals surface area contributed by atoms with E-state index in [0.717, 1.165) is 51.7 Å². The van der Waals surface area contributed by atoms with E-state index in [2.05, 4.69) is 57.4 Å². The molecule has 0 radical (unpaired) electrons. The summed E-state index contributed by atoms with van der Waals surface area (Å²) in [5, 5.41) is 211. The van der Waals surface area contributed by atoms with Crippen LogP contribution in [0.1, 0.15) is 124 Å². The molecular weight excluding hydrogens is 2010 g/mol. The molecule has 830 valence electrons. The van der Waals surface area contributed by atoms with Gasteiger partial charge in [-0.1, -0.05) is 56.3 Å². The maximum atomic E-state index is 15.2. The van der Waals surface area contributed by atoms with Crippen LogP contribution in [0.3, 0.4) is 0 Å². The van der Waals surface area contributed by atoms with Crippen molar-refractivity contribution in [1.29, 1.82) is 0 Å². The van der Waals surface area contributed by atoms with Gasteiger partial charge < -0.3 is 202 Å². The number of benzene rings is 2. The molecule has 35 atom stereocenters. The fourth-order valence-corrected chi connectivity index (χ4v) is 17.7. The van der Waals surface area contributed by atoms with Gasteiger partial charge in [0.2, 0.25) is 70.9 Å². The summed E-state index contributed by atoms with van der Waals surface area (Å²) in [5.74, 6) is -24.8. The number of hydrogen-bond acceptors (Lipinski definition) is 42. The zero-order chi connectivity index (χ0) is 110. The zero-order valence-electron chi connectivity index (χ0n) is 81.0. The van der Waals surface area contributed by atoms with E-state index >= 15 is 9.59 Å². The number of nitrogens with one attached hydrogen (secondary N) is 10. The molecule has 6 heterocycles. The number of nitrogens with zero attached hydrogens (tertiary/aromatic N) is 1. The minimum atomic E-state index is -4.96. The maximum absolute atomic E-state index is 15.2. The molecule has 0 aliphatic carbocycles. The van der Waals surface area contributed by atoms with Crippen LogP contribution >= 0.6 is 0 Å². The summed E-state index contributed by atoms with van der Waals surface area (Å²) in [6, 6.07) is -8.08. The van der Waals surface area contributed by atoms with E-state index in [1.807, 2.05) is 0 Å². The van der Waals surface area contributed by atoms with E-state index in [4.69, 9.17) is 57.7 Å². The van der Waals surface area contributed by atoms with Gasteiger partial charge in [-0.25, -0.2) is 4.79 Å². The Balaban J connectivity index is 1.07. The molecule has 6 saturated heterocycles. The van der Waals surface area contributed by atoms with Crippen molar-refractivity contribution in [2.75, 3.05) is 33.0 Å². The van der Waals surface area contributed by atoms with Crippen molar-refractivity contribution in [3.8, 4) is 5.75 Å². The second kappa shape index (κ2) is 55.0. The number of aliphatic hydroxyl groups is 13. The van der Waals surface area contributed by atoms with Crippen molar-refractivity contribution >= 4 is 105 Å². The van der Waals surface area contributed by atoms with Crippen LogP contribution in [0, 0.1) is 5.92 Å². The Labute approximate surface area is 843 Å². The highest BCUT2D eigenvalue weighted by molar-refractivity contribution is 7.81.